The highest BCUT2D eigenvalue weighted by atomic mass is 15.4. The zero-order chi connectivity index (χ0) is 21.3. The van der Waals surface area contributed by atoms with Gasteiger partial charge < -0.3 is 9.80 Å². The maximum atomic E-state index is 4.87. The summed E-state index contributed by atoms with van der Waals surface area (Å²) in [7, 11) is 4.27. The van der Waals surface area contributed by atoms with Gasteiger partial charge in [0, 0.05) is 57.0 Å². The number of aromatic nitrogens is 3. The molecule has 3 heterocycles. The van der Waals surface area contributed by atoms with Crippen LogP contribution >= 0.6 is 0 Å². The van der Waals surface area contributed by atoms with E-state index in [9.17, 15) is 0 Å². The van der Waals surface area contributed by atoms with E-state index >= 15 is 0 Å². The third-order valence-electron chi connectivity index (χ3n) is 5.95. The van der Waals surface area contributed by atoms with E-state index in [-0.39, 0.29) is 5.41 Å². The monoisotopic (exact) mass is 406 g/mol. The summed E-state index contributed by atoms with van der Waals surface area (Å²) in [6.07, 6.45) is 1.84. The van der Waals surface area contributed by atoms with Gasteiger partial charge in [-0.05, 0) is 25.1 Å². The predicted molar refractivity (Wildman–Crippen MR) is 124 cm³/mol. The predicted octanol–water partition coefficient (Wildman–Crippen LogP) is 3.38. The maximum Gasteiger partial charge on any atom is 0.157 e. The average molecular weight is 407 g/mol. The molecule has 1 fully saturated rings. The minimum Gasteiger partial charge on any atom is -0.354 e. The Bertz CT molecular complexity index is 975. The van der Waals surface area contributed by atoms with E-state index in [1.807, 2.05) is 16.8 Å². The van der Waals surface area contributed by atoms with Crippen molar-refractivity contribution in [1.29, 1.82) is 0 Å². The molecule has 0 radical (unpaired) electrons. The van der Waals surface area contributed by atoms with Gasteiger partial charge in [0.25, 0.3) is 0 Å². The third kappa shape index (κ3) is 4.50. The highest BCUT2D eigenvalue weighted by Gasteiger charge is 2.21. The van der Waals surface area contributed by atoms with Crippen LogP contribution < -0.4 is 4.90 Å². The summed E-state index contributed by atoms with van der Waals surface area (Å²) in [5.41, 5.74) is 4.55. The van der Waals surface area contributed by atoms with Crippen molar-refractivity contribution in [3.05, 3.63) is 48.2 Å². The molecule has 30 heavy (non-hydrogen) atoms. The van der Waals surface area contributed by atoms with Crippen molar-refractivity contribution in [2.45, 2.75) is 26.2 Å². The van der Waals surface area contributed by atoms with E-state index in [0.29, 0.717) is 0 Å². The number of likely N-dealkylation sites (N-methyl/N-ethyl adjacent to an activating group) is 1. The van der Waals surface area contributed by atoms with Crippen LogP contribution in [0.25, 0.3) is 16.9 Å². The van der Waals surface area contributed by atoms with E-state index < -0.39 is 0 Å². The molecule has 2 aromatic heterocycles. The Balaban J connectivity index is 1.58. The largest absolute Gasteiger partial charge is 0.354 e. The highest BCUT2D eigenvalue weighted by molar-refractivity contribution is 5.67. The number of hydrogen-bond donors (Lipinski definition) is 0. The Hall–Kier alpha value is -2.44. The molecule has 0 unspecified atom stereocenters. The number of benzene rings is 1. The lowest BCUT2D eigenvalue weighted by atomic mass is 9.86. The molecular formula is C24H34N6. The van der Waals surface area contributed by atoms with E-state index in [1.165, 1.54) is 5.56 Å². The van der Waals surface area contributed by atoms with Crippen molar-refractivity contribution in [1.82, 2.24) is 24.4 Å². The fourth-order valence-electron chi connectivity index (χ4n) is 3.95. The number of piperazine rings is 1. The highest BCUT2D eigenvalue weighted by Crippen LogP contribution is 2.28. The maximum absolute atomic E-state index is 4.87. The van der Waals surface area contributed by atoms with Crippen LogP contribution in [-0.4, -0.2) is 77.8 Å². The molecule has 1 saturated heterocycles. The van der Waals surface area contributed by atoms with E-state index in [4.69, 9.17) is 4.98 Å². The molecule has 0 saturated carbocycles. The SMILES string of the molecule is CN(C)CCN1CCN(c2cc(-c3ccc(C(C)(C)C)cc3)nc3ccnn23)CC1. The summed E-state index contributed by atoms with van der Waals surface area (Å²) in [6.45, 7) is 13.1. The molecule has 4 rings (SSSR count). The minimum absolute atomic E-state index is 0.152. The smallest absolute Gasteiger partial charge is 0.157 e. The summed E-state index contributed by atoms with van der Waals surface area (Å²) in [6, 6.07) is 13.0. The standard InChI is InChI=1S/C24H34N6/c1-24(2,3)20-8-6-19(7-9-20)21-18-23(30-22(26-21)10-11-25-30)29-16-14-28(15-17-29)13-12-27(4)5/h6-11,18H,12-17H2,1-5H3. The molecule has 3 aromatic rings. The van der Waals surface area contributed by atoms with Crippen LogP contribution in [0.2, 0.25) is 0 Å². The molecular weight excluding hydrogens is 372 g/mol. The first-order valence-corrected chi connectivity index (χ1v) is 10.9. The Morgan fingerprint density at radius 1 is 0.967 bits per heavy atom. The second-order valence-corrected chi connectivity index (χ2v) is 9.56. The van der Waals surface area contributed by atoms with Gasteiger partial charge in [0.1, 0.15) is 5.82 Å². The molecule has 0 bridgehead atoms. The normalized spacial score (nSPS) is 16.0. The van der Waals surface area contributed by atoms with Gasteiger partial charge in [0.05, 0.1) is 11.9 Å². The summed E-state index contributed by atoms with van der Waals surface area (Å²) in [5, 5.41) is 4.55. The van der Waals surface area contributed by atoms with E-state index in [2.05, 4.69) is 85.0 Å². The molecule has 0 aliphatic carbocycles. The van der Waals surface area contributed by atoms with Crippen LogP contribution in [-0.2, 0) is 5.41 Å². The number of anilines is 1. The molecule has 0 spiro atoms. The number of rotatable bonds is 5. The molecule has 1 aromatic carbocycles. The van der Waals surface area contributed by atoms with Gasteiger partial charge >= 0.3 is 0 Å². The summed E-state index contributed by atoms with van der Waals surface area (Å²) in [4.78, 5) is 12.1. The zero-order valence-corrected chi connectivity index (χ0v) is 19.0. The first-order valence-electron chi connectivity index (χ1n) is 10.9. The van der Waals surface area contributed by atoms with Gasteiger partial charge in [-0.1, -0.05) is 45.0 Å². The third-order valence-corrected chi connectivity index (χ3v) is 5.95. The second kappa shape index (κ2) is 8.36. The van der Waals surface area contributed by atoms with Crippen molar-refractivity contribution in [2.24, 2.45) is 0 Å². The molecule has 6 nitrogen and oxygen atoms in total. The quantitative estimate of drug-likeness (QED) is 0.650. The summed E-state index contributed by atoms with van der Waals surface area (Å²) < 4.78 is 1.97. The van der Waals surface area contributed by atoms with Crippen LogP contribution in [0.4, 0.5) is 5.82 Å². The molecule has 0 amide bonds. The molecule has 160 valence electrons. The van der Waals surface area contributed by atoms with Gasteiger partial charge in [0.15, 0.2) is 5.65 Å². The van der Waals surface area contributed by atoms with Crippen molar-refractivity contribution < 1.29 is 0 Å². The average Bonchev–Trinajstić information content (AvgIpc) is 3.20. The van der Waals surface area contributed by atoms with Crippen LogP contribution in [0, 0.1) is 0 Å². The van der Waals surface area contributed by atoms with Crippen LogP contribution in [0.15, 0.2) is 42.6 Å². The Labute approximate surface area is 180 Å². The van der Waals surface area contributed by atoms with Crippen LogP contribution in [0.1, 0.15) is 26.3 Å². The van der Waals surface area contributed by atoms with Crippen molar-refractivity contribution >= 4 is 11.5 Å². The number of hydrogen-bond acceptors (Lipinski definition) is 5. The lowest BCUT2D eigenvalue weighted by Crippen LogP contribution is -2.48. The number of nitrogens with zero attached hydrogens (tertiary/aromatic N) is 6. The Kier molecular flexibility index (Phi) is 5.80. The molecule has 6 heteroatoms. The van der Waals surface area contributed by atoms with Crippen molar-refractivity contribution in [2.75, 3.05) is 58.3 Å². The topological polar surface area (TPSA) is 39.9 Å². The first-order chi connectivity index (χ1) is 14.3. The Morgan fingerprint density at radius 2 is 1.67 bits per heavy atom. The van der Waals surface area contributed by atoms with Crippen LogP contribution in [0.3, 0.4) is 0 Å². The summed E-state index contributed by atoms with van der Waals surface area (Å²) in [5.74, 6) is 1.13. The Morgan fingerprint density at radius 3 is 2.30 bits per heavy atom. The van der Waals surface area contributed by atoms with E-state index in [1.54, 1.807) is 0 Å². The lowest BCUT2D eigenvalue weighted by molar-refractivity contribution is 0.229. The summed E-state index contributed by atoms with van der Waals surface area (Å²) >= 11 is 0. The van der Waals surface area contributed by atoms with Gasteiger partial charge in [-0.3, -0.25) is 4.90 Å². The van der Waals surface area contributed by atoms with Gasteiger partial charge in [-0.25, -0.2) is 4.98 Å². The van der Waals surface area contributed by atoms with Gasteiger partial charge in [0.2, 0.25) is 0 Å². The zero-order valence-electron chi connectivity index (χ0n) is 19.0. The fourth-order valence-corrected chi connectivity index (χ4v) is 3.95. The van der Waals surface area contributed by atoms with Crippen LogP contribution in [0.5, 0.6) is 0 Å². The van der Waals surface area contributed by atoms with Gasteiger partial charge in [-0.2, -0.15) is 9.61 Å². The lowest BCUT2D eigenvalue weighted by Gasteiger charge is -2.36. The molecule has 1 aliphatic heterocycles. The van der Waals surface area contributed by atoms with Crippen molar-refractivity contribution in [3.8, 4) is 11.3 Å². The van der Waals surface area contributed by atoms with E-state index in [0.717, 1.165) is 62.0 Å². The minimum atomic E-state index is 0.152. The van der Waals surface area contributed by atoms with Gasteiger partial charge in [-0.15, -0.1) is 0 Å². The number of fused-ring (bicyclic) bond motifs is 1. The molecule has 0 atom stereocenters. The molecule has 1 aliphatic rings. The fraction of sp³-hybridized carbons (Fsp3) is 0.500. The first kappa shape index (κ1) is 20.8. The molecule has 0 N–H and O–H groups in total. The second-order valence-electron chi connectivity index (χ2n) is 9.56. The van der Waals surface area contributed by atoms with Crippen molar-refractivity contribution in [3.63, 3.8) is 0 Å².